The molecular weight excluding hydrogens is 364 g/mol. The Labute approximate surface area is 120 Å². The van der Waals surface area contributed by atoms with Gasteiger partial charge in [0.1, 0.15) is 6.29 Å². The van der Waals surface area contributed by atoms with Gasteiger partial charge in [0.25, 0.3) is 0 Å². The molecule has 0 heterocycles. The number of hydrogen-bond acceptors (Lipinski definition) is 1. The SMILES string of the molecule is Br[C]1[CH][CH][CH][CH]1.O=C[C]1[CH][CH][CH][C]1Br.[Fe+2]. The van der Waals surface area contributed by atoms with Crippen LogP contribution in [0.4, 0.5) is 0 Å². The van der Waals surface area contributed by atoms with E-state index in [2.05, 4.69) is 31.9 Å². The number of carbonyl (C=O) groups is 1. The first-order valence-corrected chi connectivity index (χ1v) is 5.56. The summed E-state index contributed by atoms with van der Waals surface area (Å²) in [6, 6.07) is 0. The molecule has 78 valence electrons. The summed E-state index contributed by atoms with van der Waals surface area (Å²) in [4.78, 5) is 12.1. The third kappa shape index (κ3) is 6.45. The van der Waals surface area contributed by atoms with Crippen molar-refractivity contribution in [2.45, 2.75) is 0 Å². The van der Waals surface area contributed by atoms with Crippen molar-refractivity contribution in [3.8, 4) is 0 Å². The fourth-order valence-electron chi connectivity index (χ4n) is 0.858. The van der Waals surface area contributed by atoms with Crippen LogP contribution in [0, 0.1) is 60.5 Å². The summed E-state index contributed by atoms with van der Waals surface area (Å²) in [5.41, 5.74) is 0. The van der Waals surface area contributed by atoms with Crippen LogP contribution in [0.1, 0.15) is 0 Å². The predicted octanol–water partition coefficient (Wildman–Crippen LogP) is 3.05. The Morgan fingerprint density at radius 1 is 0.933 bits per heavy atom. The Bertz CT molecular complexity index is 172. The summed E-state index contributed by atoms with van der Waals surface area (Å²) >= 11 is 6.48. The average Bonchev–Trinajstić information content (AvgIpc) is 2.77. The first-order chi connectivity index (χ1) is 6.74. The second-order valence-electron chi connectivity index (χ2n) is 2.55. The molecule has 0 N–H and O–H groups in total. The van der Waals surface area contributed by atoms with Crippen molar-refractivity contribution >= 4 is 38.1 Å². The Balaban J connectivity index is 0.000000253. The zero-order valence-corrected chi connectivity index (χ0v) is 11.9. The number of halogens is 2. The first-order valence-electron chi connectivity index (χ1n) is 3.97. The van der Waals surface area contributed by atoms with Crippen LogP contribution in [0.5, 0.6) is 0 Å². The Morgan fingerprint density at radius 3 is 1.73 bits per heavy atom. The minimum atomic E-state index is 0. The zero-order valence-electron chi connectivity index (χ0n) is 7.64. The third-order valence-corrected chi connectivity index (χ3v) is 2.79. The van der Waals surface area contributed by atoms with Crippen LogP contribution in [-0.2, 0) is 21.9 Å². The average molecular weight is 372 g/mol. The van der Waals surface area contributed by atoms with Gasteiger partial charge in [-0.15, -0.1) is 0 Å². The summed E-state index contributed by atoms with van der Waals surface area (Å²) in [5, 5.41) is 0. The van der Waals surface area contributed by atoms with Gasteiger partial charge in [-0.25, -0.2) is 0 Å². The van der Waals surface area contributed by atoms with E-state index in [4.69, 9.17) is 0 Å². The van der Waals surface area contributed by atoms with Crippen molar-refractivity contribution in [2.75, 3.05) is 0 Å². The maximum Gasteiger partial charge on any atom is 2.00 e. The van der Waals surface area contributed by atoms with Gasteiger partial charge in [0.15, 0.2) is 0 Å². The zero-order chi connectivity index (χ0) is 10.4. The van der Waals surface area contributed by atoms with Gasteiger partial charge < -0.3 is 4.79 Å². The summed E-state index contributed by atoms with van der Waals surface area (Å²) in [6.45, 7) is 0. The fraction of sp³-hybridized carbons (Fsp3) is 0. The molecule has 2 aliphatic carbocycles. The Hall–Kier alpha value is 1.15. The molecule has 2 aliphatic rings. The van der Waals surface area contributed by atoms with E-state index in [0.29, 0.717) is 5.92 Å². The molecule has 0 aromatic carbocycles. The molecule has 0 aromatic rings. The van der Waals surface area contributed by atoms with E-state index < -0.39 is 0 Å². The molecule has 0 bridgehead atoms. The largest absolute Gasteiger partial charge is 2.00 e. The van der Waals surface area contributed by atoms with Crippen LogP contribution < -0.4 is 0 Å². The molecule has 2 rings (SSSR count). The normalized spacial score (nSPS) is 23.1. The molecule has 0 spiro atoms. The molecular formula is C11H8Br2FeO+2. The molecule has 0 atom stereocenters. The van der Waals surface area contributed by atoms with Crippen LogP contribution >= 0.6 is 31.9 Å². The summed E-state index contributed by atoms with van der Waals surface area (Å²) < 4.78 is 0. The van der Waals surface area contributed by atoms with E-state index in [-0.39, 0.29) is 17.1 Å². The fourth-order valence-corrected chi connectivity index (χ4v) is 1.54. The van der Waals surface area contributed by atoms with E-state index in [9.17, 15) is 4.79 Å². The molecule has 2 saturated carbocycles. The van der Waals surface area contributed by atoms with Crippen molar-refractivity contribution in [3.05, 3.63) is 60.5 Å². The smallest absolute Gasteiger partial charge is 0.303 e. The third-order valence-electron chi connectivity index (χ3n) is 1.54. The molecule has 4 heteroatoms. The van der Waals surface area contributed by atoms with Crippen LogP contribution in [0.2, 0.25) is 0 Å². The standard InChI is InChI=1S/C6H4BrO.C5H4Br.Fe/c7-6-3-1-2-5(6)4-8;6-5-3-1-2-4-5;/h1-4H;1-4H;/q;;+2. The minimum absolute atomic E-state index is 0. The predicted molar refractivity (Wildman–Crippen MR) is 63.7 cm³/mol. The minimum Gasteiger partial charge on any atom is -0.303 e. The van der Waals surface area contributed by atoms with Crippen molar-refractivity contribution < 1.29 is 21.9 Å². The second kappa shape index (κ2) is 9.21. The molecule has 10 radical (unpaired) electrons. The van der Waals surface area contributed by atoms with Crippen molar-refractivity contribution in [3.63, 3.8) is 0 Å². The van der Waals surface area contributed by atoms with Crippen LogP contribution in [0.15, 0.2) is 0 Å². The van der Waals surface area contributed by atoms with E-state index in [1.54, 1.807) is 6.42 Å². The molecule has 0 saturated heterocycles. The molecule has 0 amide bonds. The van der Waals surface area contributed by atoms with E-state index in [1.165, 1.54) is 0 Å². The quantitative estimate of drug-likeness (QED) is 0.511. The topological polar surface area (TPSA) is 17.1 Å². The number of hydrogen-bond donors (Lipinski definition) is 0. The van der Waals surface area contributed by atoms with Crippen molar-refractivity contribution in [1.29, 1.82) is 0 Å². The van der Waals surface area contributed by atoms with Gasteiger partial charge in [-0.2, -0.15) is 0 Å². The van der Waals surface area contributed by atoms with Crippen LogP contribution in [0.25, 0.3) is 0 Å². The van der Waals surface area contributed by atoms with Crippen molar-refractivity contribution in [1.82, 2.24) is 0 Å². The first kappa shape index (κ1) is 16.1. The summed E-state index contributed by atoms with van der Waals surface area (Å²) in [6.07, 6.45) is 14.2. The number of carbonyl (C=O) groups excluding carboxylic acids is 1. The van der Waals surface area contributed by atoms with Crippen LogP contribution in [0.3, 0.4) is 0 Å². The molecule has 1 nitrogen and oxygen atoms in total. The van der Waals surface area contributed by atoms with Gasteiger partial charge in [-0.1, -0.05) is 31.9 Å². The molecule has 15 heavy (non-hydrogen) atoms. The molecule has 2 fully saturated rings. The van der Waals surface area contributed by atoms with Gasteiger partial charge >= 0.3 is 17.1 Å². The van der Waals surface area contributed by atoms with Gasteiger partial charge in [0, 0.05) is 4.83 Å². The molecule has 0 unspecified atom stereocenters. The van der Waals surface area contributed by atoms with Gasteiger partial charge in [-0.05, 0) is 44.9 Å². The maximum absolute atomic E-state index is 10.1. The van der Waals surface area contributed by atoms with E-state index >= 15 is 0 Å². The van der Waals surface area contributed by atoms with Crippen LogP contribution in [-0.4, -0.2) is 6.29 Å². The van der Waals surface area contributed by atoms with E-state index in [0.717, 1.165) is 15.9 Å². The monoisotopic (exact) mass is 370 g/mol. The van der Waals surface area contributed by atoms with Gasteiger partial charge in [-0.3, -0.25) is 0 Å². The summed E-state index contributed by atoms with van der Waals surface area (Å²) in [5.74, 6) is 0.713. The number of aldehydes is 1. The van der Waals surface area contributed by atoms with Gasteiger partial charge in [0.05, 0.1) is 10.7 Å². The maximum atomic E-state index is 10.1. The van der Waals surface area contributed by atoms with Gasteiger partial charge in [0.2, 0.25) is 0 Å². The Kier molecular flexibility index (Phi) is 9.91. The Morgan fingerprint density at radius 2 is 1.53 bits per heavy atom. The molecule has 0 aliphatic heterocycles. The van der Waals surface area contributed by atoms with Crippen molar-refractivity contribution in [2.24, 2.45) is 0 Å². The number of rotatable bonds is 1. The second-order valence-corrected chi connectivity index (χ2v) is 4.32. The van der Waals surface area contributed by atoms with E-state index in [1.807, 2.05) is 38.5 Å². The summed E-state index contributed by atoms with van der Waals surface area (Å²) in [7, 11) is 0. The molecule has 0 aromatic heterocycles.